The zero-order valence-electron chi connectivity index (χ0n) is 20.4. The van der Waals surface area contributed by atoms with E-state index < -0.39 is 0 Å². The molecule has 2 fully saturated rings. The van der Waals surface area contributed by atoms with Crippen LogP contribution in [0.2, 0.25) is 0 Å². The molecule has 2 aliphatic rings. The van der Waals surface area contributed by atoms with Gasteiger partial charge in [-0.3, -0.25) is 9.69 Å². The molecule has 0 bridgehead atoms. The van der Waals surface area contributed by atoms with Crippen molar-refractivity contribution in [3.8, 4) is 22.6 Å². The van der Waals surface area contributed by atoms with Gasteiger partial charge in [0.05, 0.1) is 6.04 Å². The van der Waals surface area contributed by atoms with Crippen LogP contribution in [0.15, 0.2) is 55.6 Å². The highest BCUT2D eigenvalue weighted by molar-refractivity contribution is 5.82. The fourth-order valence-electron chi connectivity index (χ4n) is 5.15. The molecule has 0 saturated carbocycles. The number of carbonyl (C=O) groups is 1. The maximum atomic E-state index is 12.4. The summed E-state index contributed by atoms with van der Waals surface area (Å²) >= 11 is 0. The second-order valence-electron chi connectivity index (χ2n) is 9.70. The van der Waals surface area contributed by atoms with Crippen LogP contribution < -0.4 is 10.6 Å². The van der Waals surface area contributed by atoms with E-state index in [1.807, 2.05) is 36.4 Å². The van der Waals surface area contributed by atoms with E-state index >= 15 is 0 Å². The summed E-state index contributed by atoms with van der Waals surface area (Å²) in [6, 6.07) is 9.59. The summed E-state index contributed by atoms with van der Waals surface area (Å²) in [5.74, 6) is 0.466. The van der Waals surface area contributed by atoms with Crippen molar-refractivity contribution in [2.24, 2.45) is 0 Å². The number of phenols is 2. The fraction of sp³-hybridized carbons (Fsp3) is 0.414. The van der Waals surface area contributed by atoms with Crippen LogP contribution in [0.5, 0.6) is 11.5 Å². The molecule has 0 unspecified atom stereocenters. The smallest absolute Gasteiger partial charge is 0.237 e. The van der Waals surface area contributed by atoms with E-state index in [0.717, 1.165) is 62.0 Å². The first-order valence-corrected chi connectivity index (χ1v) is 12.6. The van der Waals surface area contributed by atoms with E-state index in [1.165, 1.54) is 0 Å². The highest BCUT2D eigenvalue weighted by Gasteiger charge is 2.27. The summed E-state index contributed by atoms with van der Waals surface area (Å²) in [5, 5.41) is 28.3. The lowest BCUT2D eigenvalue weighted by Gasteiger charge is -2.33. The van der Waals surface area contributed by atoms with E-state index in [2.05, 4.69) is 28.7 Å². The first-order valence-electron chi connectivity index (χ1n) is 12.6. The lowest BCUT2D eigenvalue weighted by atomic mass is 9.94. The van der Waals surface area contributed by atoms with Crippen LogP contribution in [0.3, 0.4) is 0 Å². The second-order valence-corrected chi connectivity index (χ2v) is 9.70. The minimum Gasteiger partial charge on any atom is -0.507 e. The van der Waals surface area contributed by atoms with Crippen molar-refractivity contribution in [1.29, 1.82) is 0 Å². The number of nitrogens with one attached hydrogen (secondary N) is 2. The summed E-state index contributed by atoms with van der Waals surface area (Å²) in [7, 11) is 0. The van der Waals surface area contributed by atoms with Crippen molar-refractivity contribution in [3.05, 3.63) is 72.3 Å². The molecule has 0 radical (unpaired) electrons. The molecule has 4 rings (SSSR count). The normalized spacial score (nSPS) is 18.9. The minimum atomic E-state index is -0.0441. The number of hydrogen-bond donors (Lipinski definition) is 4. The highest BCUT2D eigenvalue weighted by Crippen LogP contribution is 2.39. The lowest BCUT2D eigenvalue weighted by Crippen LogP contribution is -2.49. The summed E-state index contributed by atoms with van der Waals surface area (Å²) in [5.41, 5.74) is 4.16. The maximum Gasteiger partial charge on any atom is 0.237 e. The molecule has 0 aromatic heterocycles. The maximum absolute atomic E-state index is 12.4. The van der Waals surface area contributed by atoms with Gasteiger partial charge in [0.2, 0.25) is 5.91 Å². The van der Waals surface area contributed by atoms with Crippen LogP contribution in [-0.4, -0.2) is 52.7 Å². The average Bonchev–Trinajstić information content (AvgIpc) is 3.39. The largest absolute Gasteiger partial charge is 0.507 e. The van der Waals surface area contributed by atoms with Crippen LogP contribution >= 0.6 is 0 Å². The molecule has 0 spiro atoms. The Labute approximate surface area is 208 Å². The van der Waals surface area contributed by atoms with E-state index in [9.17, 15) is 15.0 Å². The number of allylic oxidation sites excluding steroid dienone is 2. The van der Waals surface area contributed by atoms with E-state index in [0.29, 0.717) is 30.5 Å². The van der Waals surface area contributed by atoms with Gasteiger partial charge in [-0.1, -0.05) is 24.3 Å². The van der Waals surface area contributed by atoms with Gasteiger partial charge in [0.15, 0.2) is 0 Å². The predicted octanol–water partition coefficient (Wildman–Crippen LogP) is 4.05. The molecular formula is C29H37N3O3. The molecule has 2 aromatic rings. The van der Waals surface area contributed by atoms with Crippen LogP contribution in [-0.2, 0) is 24.2 Å². The Morgan fingerprint density at radius 2 is 1.74 bits per heavy atom. The van der Waals surface area contributed by atoms with E-state index in [1.54, 1.807) is 6.07 Å². The van der Waals surface area contributed by atoms with Crippen molar-refractivity contribution < 1.29 is 15.0 Å². The van der Waals surface area contributed by atoms with Crippen molar-refractivity contribution in [1.82, 2.24) is 15.5 Å². The average molecular weight is 476 g/mol. The van der Waals surface area contributed by atoms with Crippen LogP contribution in [0.25, 0.3) is 11.1 Å². The molecule has 1 atom stereocenters. The van der Waals surface area contributed by atoms with Crippen LogP contribution in [0, 0.1) is 0 Å². The SMILES string of the molecule is C=CCc1ccc(O)c(-c2cc(CC=C)cc(CN3CCC(NC(=O)[C@@H]4CCCN4)CC3)c2O)c1. The first kappa shape index (κ1) is 25.0. The third-order valence-electron chi connectivity index (χ3n) is 7.06. The van der Waals surface area contributed by atoms with Gasteiger partial charge in [-0.15, -0.1) is 13.2 Å². The van der Waals surface area contributed by atoms with Crippen LogP contribution in [0.4, 0.5) is 0 Å². The number of carbonyl (C=O) groups excluding carboxylic acids is 1. The fourth-order valence-corrected chi connectivity index (χ4v) is 5.15. The summed E-state index contributed by atoms with van der Waals surface area (Å²) in [4.78, 5) is 14.8. The quantitative estimate of drug-likeness (QED) is 0.411. The predicted molar refractivity (Wildman–Crippen MR) is 140 cm³/mol. The zero-order valence-corrected chi connectivity index (χ0v) is 20.4. The highest BCUT2D eigenvalue weighted by atomic mass is 16.3. The number of benzene rings is 2. The van der Waals surface area contributed by atoms with E-state index in [-0.39, 0.29) is 29.5 Å². The number of nitrogens with zero attached hydrogens (tertiary/aromatic N) is 1. The first-order chi connectivity index (χ1) is 17.0. The van der Waals surface area contributed by atoms with Gasteiger partial charge in [0, 0.05) is 42.4 Å². The Morgan fingerprint density at radius 3 is 2.43 bits per heavy atom. The third-order valence-corrected chi connectivity index (χ3v) is 7.06. The lowest BCUT2D eigenvalue weighted by molar-refractivity contribution is -0.123. The summed E-state index contributed by atoms with van der Waals surface area (Å²) in [6.07, 6.45) is 8.80. The number of piperidine rings is 1. The molecule has 186 valence electrons. The van der Waals surface area contributed by atoms with Crippen LogP contribution in [0.1, 0.15) is 42.4 Å². The third kappa shape index (κ3) is 6.13. The molecule has 6 heteroatoms. The van der Waals surface area contributed by atoms with Crippen molar-refractivity contribution in [2.45, 2.75) is 57.2 Å². The van der Waals surface area contributed by atoms with Gasteiger partial charge < -0.3 is 20.8 Å². The van der Waals surface area contributed by atoms with E-state index in [4.69, 9.17) is 0 Å². The molecule has 2 aromatic carbocycles. The molecule has 0 aliphatic carbocycles. The number of aromatic hydroxyl groups is 2. The summed E-state index contributed by atoms with van der Waals surface area (Å²) < 4.78 is 0. The Bertz CT molecular complexity index is 1070. The van der Waals surface area contributed by atoms with Crippen molar-refractivity contribution >= 4 is 5.91 Å². The molecule has 1 amide bonds. The minimum absolute atomic E-state index is 0.0441. The Balaban J connectivity index is 1.49. The molecule has 2 heterocycles. The van der Waals surface area contributed by atoms with Gasteiger partial charge in [-0.25, -0.2) is 0 Å². The molecule has 2 saturated heterocycles. The Morgan fingerprint density at radius 1 is 1.03 bits per heavy atom. The number of phenolic OH excluding ortho intramolecular Hbond substituents is 2. The van der Waals surface area contributed by atoms with Gasteiger partial charge in [0.1, 0.15) is 11.5 Å². The zero-order chi connectivity index (χ0) is 24.8. The molecule has 2 aliphatic heterocycles. The Hall–Kier alpha value is -3.09. The molecule has 6 nitrogen and oxygen atoms in total. The molecule has 35 heavy (non-hydrogen) atoms. The molecular weight excluding hydrogens is 438 g/mol. The topological polar surface area (TPSA) is 84.8 Å². The van der Waals surface area contributed by atoms with Gasteiger partial charge >= 0.3 is 0 Å². The summed E-state index contributed by atoms with van der Waals surface area (Å²) in [6.45, 7) is 10.9. The number of rotatable bonds is 9. The standard InChI is InChI=1S/C29H37N3O3/c1-3-6-20-9-10-27(33)24(17-20)25-18-21(7-4-2)16-22(28(25)34)19-32-14-11-23(12-15-32)31-29(35)26-8-5-13-30-26/h3-4,9-10,16-18,23,26,30,33-34H,1-2,5-8,11-15,19H2,(H,31,35)/t26-/m0/s1. The monoisotopic (exact) mass is 475 g/mol. The number of hydrogen-bond acceptors (Lipinski definition) is 5. The van der Waals surface area contributed by atoms with Crippen molar-refractivity contribution in [2.75, 3.05) is 19.6 Å². The molecule has 4 N–H and O–H groups in total. The van der Waals surface area contributed by atoms with Gasteiger partial charge in [0.25, 0.3) is 0 Å². The number of amides is 1. The second kappa shape index (κ2) is 11.6. The number of likely N-dealkylation sites (tertiary alicyclic amines) is 1. The van der Waals surface area contributed by atoms with Gasteiger partial charge in [-0.2, -0.15) is 0 Å². The van der Waals surface area contributed by atoms with Crippen molar-refractivity contribution in [3.63, 3.8) is 0 Å². The van der Waals surface area contributed by atoms with Gasteiger partial charge in [-0.05, 0) is 74.4 Å². The Kier molecular flexibility index (Phi) is 8.26.